The van der Waals surface area contributed by atoms with Crippen LogP contribution in [0.1, 0.15) is 39.1 Å². The first-order valence-electron chi connectivity index (χ1n) is 13.2. The number of ether oxygens (including phenoxy) is 2. The molecule has 0 aliphatic carbocycles. The number of rotatable bonds is 12. The third-order valence-electron chi connectivity index (χ3n) is 5.72. The van der Waals surface area contributed by atoms with Gasteiger partial charge in [0.1, 0.15) is 12.7 Å². The van der Waals surface area contributed by atoms with Crippen LogP contribution in [0.4, 0.5) is 11.9 Å². The first-order chi connectivity index (χ1) is 20.8. The molecule has 23 heteroatoms. The van der Waals surface area contributed by atoms with Gasteiger partial charge in [-0.15, -0.1) is 10.2 Å². The second-order valence-corrected chi connectivity index (χ2v) is 13.4. The lowest BCUT2D eigenvalue weighted by Crippen LogP contribution is -2.24. The summed E-state index contributed by atoms with van der Waals surface area (Å²) in [4.78, 5) is 83.1. The number of aromatic amines is 2. The molecular weight excluding hydrogens is 642 g/mol. The van der Waals surface area contributed by atoms with E-state index >= 15 is 0 Å². The second kappa shape index (κ2) is 14.5. The van der Waals surface area contributed by atoms with Crippen LogP contribution >= 0.6 is 15.2 Å². The lowest BCUT2D eigenvalue weighted by molar-refractivity contribution is -0.118. The number of hydrogen-bond donors (Lipinski definition) is 8. The first-order valence-corrected chi connectivity index (χ1v) is 16.7. The molecule has 1 amide bonds. The summed E-state index contributed by atoms with van der Waals surface area (Å²) in [7, 11) is -8.47. The van der Waals surface area contributed by atoms with Crippen molar-refractivity contribution in [1.29, 1.82) is 0 Å². The third-order valence-corrected chi connectivity index (χ3v) is 6.69. The summed E-state index contributed by atoms with van der Waals surface area (Å²) >= 11 is 0. The number of amides is 1. The van der Waals surface area contributed by atoms with Crippen molar-refractivity contribution in [2.45, 2.75) is 52.7 Å². The number of carbonyl (C=O) groups is 1. The van der Waals surface area contributed by atoms with Gasteiger partial charge in [-0.2, -0.15) is 0 Å². The van der Waals surface area contributed by atoms with Gasteiger partial charge in [0.05, 0.1) is 36.0 Å². The van der Waals surface area contributed by atoms with Crippen LogP contribution in [-0.2, 0) is 36.2 Å². The Kier molecular flexibility index (Phi) is 11.5. The van der Waals surface area contributed by atoms with Gasteiger partial charge >= 0.3 is 15.2 Å². The normalized spacial score (nSPS) is 13.5. The number of H-pyrrole nitrogens is 2. The summed E-state index contributed by atoms with van der Waals surface area (Å²) in [5, 5.41) is 10.6. The topological polar surface area (TPSA) is 315 Å². The van der Waals surface area contributed by atoms with E-state index in [9.17, 15) is 23.5 Å². The summed E-state index contributed by atoms with van der Waals surface area (Å²) in [6.07, 6.45) is 0.964. The van der Waals surface area contributed by atoms with Gasteiger partial charge in [0.15, 0.2) is 0 Å². The van der Waals surface area contributed by atoms with Crippen molar-refractivity contribution in [2.75, 3.05) is 23.7 Å². The van der Waals surface area contributed by atoms with Crippen LogP contribution in [0.2, 0.25) is 0 Å². The molecule has 2 atom stereocenters. The molecule has 4 heterocycles. The molecule has 0 fully saturated rings. The summed E-state index contributed by atoms with van der Waals surface area (Å²) in [6.45, 7) is 6.68. The Hall–Kier alpha value is -3.81. The maximum absolute atomic E-state index is 12.0. The van der Waals surface area contributed by atoms with Crippen LogP contribution in [-0.4, -0.2) is 89.5 Å². The lowest BCUT2D eigenvalue weighted by atomic mass is 10.2. The van der Waals surface area contributed by atoms with Crippen molar-refractivity contribution >= 4 is 44.3 Å². The number of nitrogens with two attached hydrogens (primary N) is 1. The molecule has 0 aromatic carbocycles. The molecule has 248 valence electrons. The van der Waals surface area contributed by atoms with Gasteiger partial charge in [-0.3, -0.25) is 38.8 Å². The van der Waals surface area contributed by atoms with E-state index < -0.39 is 51.2 Å². The van der Waals surface area contributed by atoms with Gasteiger partial charge < -0.3 is 34.8 Å². The van der Waals surface area contributed by atoms with Crippen molar-refractivity contribution in [3.63, 3.8) is 0 Å². The van der Waals surface area contributed by atoms with E-state index in [1.165, 1.54) is 21.4 Å². The Labute approximate surface area is 253 Å². The molecule has 45 heavy (non-hydrogen) atoms. The van der Waals surface area contributed by atoms with Crippen molar-refractivity contribution in [3.8, 4) is 0 Å². The Morgan fingerprint density at radius 2 is 1.31 bits per heavy atom. The number of anilines is 2. The third kappa shape index (κ3) is 10.6. The predicted octanol–water partition coefficient (Wildman–Crippen LogP) is -0.822. The molecule has 4 rings (SSSR count). The number of aromatic nitrogens is 8. The number of nitrogens with zero attached hydrogens (tertiary/aromatic N) is 6. The first kappa shape index (κ1) is 35.7. The van der Waals surface area contributed by atoms with E-state index in [0.29, 0.717) is 11.4 Å². The van der Waals surface area contributed by atoms with Crippen LogP contribution in [0, 0.1) is 5.92 Å². The number of carbonyl (C=O) groups excluding carboxylic acids is 1. The van der Waals surface area contributed by atoms with Gasteiger partial charge in [0, 0.05) is 18.8 Å². The fraction of sp³-hybridized carbons (Fsp3) is 0.500. The number of nitrogen functional groups attached to an aromatic ring is 1. The van der Waals surface area contributed by atoms with Gasteiger partial charge in [-0.05, 0) is 13.8 Å². The Morgan fingerprint density at radius 1 is 0.867 bits per heavy atom. The van der Waals surface area contributed by atoms with E-state index in [1.807, 2.05) is 0 Å². The minimum absolute atomic E-state index is 0.0146. The summed E-state index contributed by atoms with van der Waals surface area (Å²) < 4.78 is 34.3. The van der Waals surface area contributed by atoms with Crippen LogP contribution in [0.15, 0.2) is 22.0 Å². The number of imidazole rings is 2. The van der Waals surface area contributed by atoms with Crippen LogP contribution in [0.25, 0.3) is 11.3 Å². The van der Waals surface area contributed by atoms with E-state index in [4.69, 9.17) is 34.8 Å². The molecule has 0 saturated carbocycles. The van der Waals surface area contributed by atoms with Crippen molar-refractivity contribution in [3.05, 3.63) is 44.5 Å². The molecular formula is C22H34N10O11P2. The Morgan fingerprint density at radius 3 is 1.76 bits per heavy atom. The van der Waals surface area contributed by atoms with E-state index in [2.05, 4.69) is 35.5 Å². The predicted molar refractivity (Wildman–Crippen MR) is 157 cm³/mol. The molecule has 0 spiro atoms. The van der Waals surface area contributed by atoms with Crippen molar-refractivity contribution in [1.82, 2.24) is 39.2 Å². The van der Waals surface area contributed by atoms with Crippen molar-refractivity contribution in [2.24, 2.45) is 5.92 Å². The Bertz CT molecular complexity index is 1860. The summed E-state index contributed by atoms with van der Waals surface area (Å²) in [5.41, 5.74) is 5.65. The van der Waals surface area contributed by atoms with E-state index in [1.54, 1.807) is 27.7 Å². The van der Waals surface area contributed by atoms with E-state index in [0.717, 1.165) is 0 Å². The highest BCUT2D eigenvalue weighted by molar-refractivity contribution is 7.51. The van der Waals surface area contributed by atoms with Crippen molar-refractivity contribution < 1.29 is 43.0 Å². The minimum atomic E-state index is -4.26. The maximum Gasteiger partial charge on any atom is 0.350 e. The smallest absolute Gasteiger partial charge is 0.350 e. The highest BCUT2D eigenvalue weighted by Crippen LogP contribution is 2.35. The molecule has 0 saturated heterocycles. The average molecular weight is 677 g/mol. The number of nitrogens with one attached hydrogen (secondary N) is 3. The van der Waals surface area contributed by atoms with E-state index in [-0.39, 0.29) is 47.9 Å². The van der Waals surface area contributed by atoms with Gasteiger partial charge in [0.2, 0.25) is 29.1 Å². The monoisotopic (exact) mass is 676 g/mol. The highest BCUT2D eigenvalue weighted by atomic mass is 31.2. The van der Waals surface area contributed by atoms with Crippen LogP contribution in [0.5, 0.6) is 0 Å². The van der Waals surface area contributed by atoms with Crippen LogP contribution in [0.3, 0.4) is 0 Å². The molecule has 9 N–H and O–H groups in total. The zero-order valence-electron chi connectivity index (χ0n) is 24.5. The molecule has 0 bridgehead atoms. The molecule has 0 radical (unpaired) electrons. The highest BCUT2D eigenvalue weighted by Gasteiger charge is 2.20. The average Bonchev–Trinajstić information content (AvgIpc) is 3.50. The SMILES string of the molecule is CC(Cc1cnc2c(=O)[nH]c(N)nn12)OCP(=O)(O)O.CC(Cc1cnc2c(=O)[nH]c(NC(=O)C(C)C)nn12)OCP(=O)(O)O. The van der Waals surface area contributed by atoms with Gasteiger partial charge in [-0.25, -0.2) is 19.0 Å². The number of fused-ring (bicyclic) bond motifs is 2. The second-order valence-electron chi connectivity index (χ2n) is 10.2. The molecule has 0 aliphatic heterocycles. The fourth-order valence-electron chi connectivity index (χ4n) is 3.64. The lowest BCUT2D eigenvalue weighted by Gasteiger charge is -2.13. The zero-order valence-corrected chi connectivity index (χ0v) is 26.3. The summed E-state index contributed by atoms with van der Waals surface area (Å²) in [6, 6.07) is 0. The maximum atomic E-state index is 12.0. The quantitative estimate of drug-likeness (QED) is 0.0849. The standard InChI is InChI=1S/C13H20N5O6P.C9H14N5O5P/c1-7(2)11(19)15-13-16-12(20)10-14-5-9(18(10)17-13)4-8(3)24-6-25(21,22)23;1-5(19-4-20(16,17)18)2-6-3-11-7-8(15)12-9(10)13-14(6)7/h5,7-8H,4,6H2,1-3H3,(H2,21,22,23)(H2,15,16,17,19,20);3,5H,2,4H2,1H3,(H2,16,17,18)(H3,10,12,13,15). The van der Waals surface area contributed by atoms with Gasteiger partial charge in [0.25, 0.3) is 11.1 Å². The molecule has 2 unspecified atom stereocenters. The van der Waals surface area contributed by atoms with Gasteiger partial charge in [-0.1, -0.05) is 13.8 Å². The zero-order chi connectivity index (χ0) is 33.7. The largest absolute Gasteiger partial charge is 0.368 e. The summed E-state index contributed by atoms with van der Waals surface area (Å²) in [5.74, 6) is -0.656. The number of hydrogen-bond acceptors (Lipinski definition) is 12. The molecule has 4 aromatic rings. The Balaban J connectivity index is 0.000000251. The molecule has 4 aromatic heterocycles. The fourth-order valence-corrected chi connectivity index (χ4v) is 4.54. The molecule has 0 aliphatic rings. The molecule has 21 nitrogen and oxygen atoms in total. The van der Waals surface area contributed by atoms with Crippen LogP contribution < -0.4 is 22.2 Å². The minimum Gasteiger partial charge on any atom is -0.368 e.